The van der Waals surface area contributed by atoms with Crippen LogP contribution in [0.3, 0.4) is 0 Å². The van der Waals surface area contributed by atoms with E-state index < -0.39 is 10.0 Å². The molecule has 5 nitrogen and oxygen atoms in total. The van der Waals surface area contributed by atoms with Gasteiger partial charge in [0, 0.05) is 19.6 Å². The lowest BCUT2D eigenvalue weighted by molar-refractivity contribution is 0.295. The average Bonchev–Trinajstić information content (AvgIpc) is 2.59. The van der Waals surface area contributed by atoms with Gasteiger partial charge < -0.3 is 9.84 Å². The summed E-state index contributed by atoms with van der Waals surface area (Å²) in [7, 11) is -3.39. The van der Waals surface area contributed by atoms with Gasteiger partial charge in [0.05, 0.1) is 18.0 Å². The Morgan fingerprint density at radius 1 is 1.33 bits per heavy atom. The van der Waals surface area contributed by atoms with Gasteiger partial charge >= 0.3 is 0 Å². The second-order valence-corrected chi connectivity index (χ2v) is 6.15. The monoisotopic (exact) mass is 271 g/mol. The fourth-order valence-corrected chi connectivity index (χ4v) is 3.51. The van der Waals surface area contributed by atoms with Crippen molar-refractivity contribution < 1.29 is 18.3 Å². The zero-order chi connectivity index (χ0) is 13.0. The van der Waals surface area contributed by atoms with Crippen molar-refractivity contribution in [3.8, 4) is 5.75 Å². The molecule has 1 heterocycles. The van der Waals surface area contributed by atoms with Gasteiger partial charge in [-0.05, 0) is 18.6 Å². The first-order valence-corrected chi connectivity index (χ1v) is 7.59. The number of fused-ring (bicyclic) bond motifs is 1. The molecule has 1 aromatic rings. The van der Waals surface area contributed by atoms with Gasteiger partial charge in [0.2, 0.25) is 10.0 Å². The second-order valence-electron chi connectivity index (χ2n) is 4.14. The molecule has 0 amide bonds. The third kappa shape index (κ3) is 2.76. The summed E-state index contributed by atoms with van der Waals surface area (Å²) >= 11 is 0. The van der Waals surface area contributed by atoms with Crippen molar-refractivity contribution >= 4 is 15.7 Å². The number of benzene rings is 1. The second kappa shape index (κ2) is 5.58. The lowest BCUT2D eigenvalue weighted by Gasteiger charge is -2.23. The number of ether oxygens (including phenoxy) is 1. The van der Waals surface area contributed by atoms with E-state index in [9.17, 15) is 8.42 Å². The van der Waals surface area contributed by atoms with Crippen LogP contribution in [0.2, 0.25) is 0 Å². The molecule has 1 aromatic carbocycles. The maximum absolute atomic E-state index is 12.2. The van der Waals surface area contributed by atoms with Crippen LogP contribution in [0.5, 0.6) is 5.75 Å². The molecular formula is C12H17NO4S. The molecule has 0 saturated heterocycles. The predicted molar refractivity (Wildman–Crippen MR) is 69.4 cm³/mol. The van der Waals surface area contributed by atoms with Gasteiger partial charge in [-0.15, -0.1) is 0 Å². The van der Waals surface area contributed by atoms with Gasteiger partial charge in [0.1, 0.15) is 5.75 Å². The van der Waals surface area contributed by atoms with Crippen LogP contribution < -0.4 is 9.04 Å². The van der Waals surface area contributed by atoms with Gasteiger partial charge in [-0.25, -0.2) is 8.42 Å². The van der Waals surface area contributed by atoms with E-state index in [4.69, 9.17) is 9.84 Å². The van der Waals surface area contributed by atoms with Gasteiger partial charge in [-0.1, -0.05) is 12.1 Å². The van der Waals surface area contributed by atoms with Crippen molar-refractivity contribution in [2.45, 2.75) is 12.8 Å². The lowest BCUT2D eigenvalue weighted by Crippen LogP contribution is -2.33. The summed E-state index contributed by atoms with van der Waals surface area (Å²) in [5.41, 5.74) is 0.591. The van der Waals surface area contributed by atoms with Crippen LogP contribution in [-0.2, 0) is 10.0 Å². The standard InChI is InChI=1S/C12H17NO4S/c14-8-4-10-18(15,16)13-7-3-9-17-12-6-2-1-5-11(12)13/h1-2,5-6,14H,3-4,7-10H2. The quantitative estimate of drug-likeness (QED) is 0.886. The van der Waals surface area contributed by atoms with Crippen LogP contribution in [0.1, 0.15) is 12.8 Å². The van der Waals surface area contributed by atoms with Crippen LogP contribution in [0.15, 0.2) is 24.3 Å². The summed E-state index contributed by atoms with van der Waals surface area (Å²) in [4.78, 5) is 0. The Hall–Kier alpha value is -1.27. The van der Waals surface area contributed by atoms with Crippen LogP contribution in [0.4, 0.5) is 5.69 Å². The average molecular weight is 271 g/mol. The highest BCUT2D eigenvalue weighted by Gasteiger charge is 2.26. The zero-order valence-corrected chi connectivity index (χ0v) is 10.9. The van der Waals surface area contributed by atoms with Crippen molar-refractivity contribution in [3.63, 3.8) is 0 Å². The van der Waals surface area contributed by atoms with Crippen molar-refractivity contribution in [2.75, 3.05) is 29.8 Å². The molecule has 0 spiro atoms. The Labute approximate surface area is 107 Å². The largest absolute Gasteiger partial charge is 0.491 e. The fourth-order valence-electron chi connectivity index (χ4n) is 1.94. The van der Waals surface area contributed by atoms with Crippen molar-refractivity contribution in [1.82, 2.24) is 0 Å². The van der Waals surface area contributed by atoms with Crippen molar-refractivity contribution in [1.29, 1.82) is 0 Å². The number of hydrogen-bond donors (Lipinski definition) is 1. The first-order valence-electron chi connectivity index (χ1n) is 5.98. The van der Waals surface area contributed by atoms with E-state index in [2.05, 4.69) is 0 Å². The predicted octanol–water partition coefficient (Wildman–Crippen LogP) is 0.988. The Morgan fingerprint density at radius 2 is 2.11 bits per heavy atom. The first kappa shape index (κ1) is 13.2. The highest BCUT2D eigenvalue weighted by molar-refractivity contribution is 7.92. The number of aliphatic hydroxyl groups is 1. The van der Waals surface area contributed by atoms with Gasteiger partial charge in [0.25, 0.3) is 0 Å². The van der Waals surface area contributed by atoms with Gasteiger partial charge in [-0.3, -0.25) is 4.31 Å². The van der Waals surface area contributed by atoms with Crippen LogP contribution in [0, 0.1) is 0 Å². The minimum atomic E-state index is -3.39. The molecule has 0 fully saturated rings. The topological polar surface area (TPSA) is 66.8 Å². The van der Waals surface area contributed by atoms with E-state index in [-0.39, 0.29) is 18.8 Å². The van der Waals surface area contributed by atoms with Crippen molar-refractivity contribution in [3.05, 3.63) is 24.3 Å². The molecule has 0 radical (unpaired) electrons. The SMILES string of the molecule is O=S(=O)(CCCO)N1CCCOc2ccccc21. The Kier molecular flexibility index (Phi) is 4.08. The number of hydrogen-bond acceptors (Lipinski definition) is 4. The summed E-state index contributed by atoms with van der Waals surface area (Å²) in [5, 5.41) is 8.77. The Morgan fingerprint density at radius 3 is 2.89 bits per heavy atom. The third-order valence-corrected chi connectivity index (χ3v) is 4.65. The number of rotatable bonds is 4. The van der Waals surface area contributed by atoms with E-state index in [1.807, 2.05) is 6.07 Å². The number of aliphatic hydroxyl groups excluding tert-OH is 1. The summed E-state index contributed by atoms with van der Waals surface area (Å²) in [6.07, 6.45) is 0.912. The molecule has 0 atom stereocenters. The van der Waals surface area contributed by atoms with Crippen LogP contribution in [0.25, 0.3) is 0 Å². The Balaban J connectivity index is 2.33. The lowest BCUT2D eigenvalue weighted by atomic mass is 10.3. The van der Waals surface area contributed by atoms with E-state index in [1.54, 1.807) is 18.2 Å². The molecule has 0 unspecified atom stereocenters. The van der Waals surface area contributed by atoms with E-state index in [0.29, 0.717) is 31.0 Å². The molecule has 6 heteroatoms. The minimum absolute atomic E-state index is 0.0438. The maximum Gasteiger partial charge on any atom is 0.235 e. The first-order chi connectivity index (χ1) is 8.65. The molecule has 100 valence electrons. The number of para-hydroxylation sites is 2. The molecule has 1 aliphatic heterocycles. The number of sulfonamides is 1. The summed E-state index contributed by atoms with van der Waals surface area (Å²) < 4.78 is 31.4. The normalized spacial score (nSPS) is 15.7. The summed E-state index contributed by atoms with van der Waals surface area (Å²) in [5.74, 6) is 0.556. The van der Waals surface area contributed by atoms with Crippen LogP contribution in [-0.4, -0.2) is 39.0 Å². The summed E-state index contributed by atoms with van der Waals surface area (Å²) in [6.45, 7) is 0.818. The highest BCUT2D eigenvalue weighted by Crippen LogP contribution is 2.32. The molecule has 0 bridgehead atoms. The van der Waals surface area contributed by atoms with Crippen molar-refractivity contribution in [2.24, 2.45) is 0 Å². The maximum atomic E-state index is 12.2. The third-order valence-electron chi connectivity index (χ3n) is 2.79. The molecular weight excluding hydrogens is 254 g/mol. The molecule has 0 aromatic heterocycles. The highest BCUT2D eigenvalue weighted by atomic mass is 32.2. The zero-order valence-electron chi connectivity index (χ0n) is 10.1. The number of nitrogens with zero attached hydrogens (tertiary/aromatic N) is 1. The molecule has 1 aliphatic rings. The van der Waals surface area contributed by atoms with Gasteiger partial charge in [0.15, 0.2) is 0 Å². The minimum Gasteiger partial charge on any atom is -0.491 e. The molecule has 18 heavy (non-hydrogen) atoms. The fraction of sp³-hybridized carbons (Fsp3) is 0.500. The molecule has 0 aliphatic carbocycles. The van der Waals surface area contributed by atoms with Gasteiger partial charge in [-0.2, -0.15) is 0 Å². The Bertz CT molecular complexity index is 501. The number of anilines is 1. The van der Waals surface area contributed by atoms with Crippen LogP contribution >= 0.6 is 0 Å². The molecule has 2 rings (SSSR count). The molecule has 1 N–H and O–H groups in total. The summed E-state index contributed by atoms with van der Waals surface area (Å²) in [6, 6.07) is 7.14. The smallest absolute Gasteiger partial charge is 0.235 e. The van der Waals surface area contributed by atoms with E-state index in [1.165, 1.54) is 4.31 Å². The molecule has 0 saturated carbocycles. The van der Waals surface area contributed by atoms with E-state index in [0.717, 1.165) is 0 Å². The van der Waals surface area contributed by atoms with E-state index >= 15 is 0 Å².